The predicted molar refractivity (Wildman–Crippen MR) is 118 cm³/mol. The van der Waals surface area contributed by atoms with E-state index >= 15 is 0 Å². The molecule has 0 bridgehead atoms. The van der Waals surface area contributed by atoms with Crippen LogP contribution in [0.3, 0.4) is 0 Å². The van der Waals surface area contributed by atoms with Crippen molar-refractivity contribution >= 4 is 29.5 Å². The summed E-state index contributed by atoms with van der Waals surface area (Å²) in [6.45, 7) is 4.02. The lowest BCUT2D eigenvalue weighted by Gasteiger charge is -2.35. The Morgan fingerprint density at radius 1 is 1.13 bits per heavy atom. The Bertz CT molecular complexity index is 784. The zero-order valence-corrected chi connectivity index (χ0v) is 18.9. The van der Waals surface area contributed by atoms with Gasteiger partial charge in [-0.25, -0.2) is 0 Å². The van der Waals surface area contributed by atoms with Crippen LogP contribution >= 0.6 is 11.8 Å². The molecule has 4 aliphatic heterocycles. The summed E-state index contributed by atoms with van der Waals surface area (Å²) in [5.41, 5.74) is 0. The average Bonchev–Trinajstić information content (AvgIpc) is 3.05. The molecule has 31 heavy (non-hydrogen) atoms. The molecule has 7 nitrogen and oxygen atoms in total. The molecule has 4 heterocycles. The summed E-state index contributed by atoms with van der Waals surface area (Å²) in [6.07, 6.45) is 12.1. The second-order valence-electron chi connectivity index (χ2n) is 8.76. The van der Waals surface area contributed by atoms with Gasteiger partial charge in [-0.3, -0.25) is 14.4 Å². The molecule has 2 fully saturated rings. The number of esters is 1. The minimum atomic E-state index is -0.761. The van der Waals surface area contributed by atoms with Crippen molar-refractivity contribution < 1.29 is 24.2 Å². The van der Waals surface area contributed by atoms with Crippen LogP contribution in [-0.2, 0) is 19.1 Å². The second-order valence-corrected chi connectivity index (χ2v) is 10.2. The van der Waals surface area contributed by atoms with Crippen molar-refractivity contribution in [2.75, 3.05) is 32.8 Å². The van der Waals surface area contributed by atoms with Crippen LogP contribution in [0.4, 0.5) is 0 Å². The van der Waals surface area contributed by atoms with E-state index in [9.17, 15) is 19.5 Å². The number of nitrogens with zero attached hydrogens (tertiary/aromatic N) is 2. The first-order valence-corrected chi connectivity index (χ1v) is 12.3. The van der Waals surface area contributed by atoms with Gasteiger partial charge in [0.1, 0.15) is 12.6 Å². The molecular weight excluding hydrogens is 416 g/mol. The van der Waals surface area contributed by atoms with Crippen LogP contribution in [0, 0.1) is 11.8 Å². The lowest BCUT2D eigenvalue weighted by atomic mass is 9.78. The van der Waals surface area contributed by atoms with E-state index in [1.54, 1.807) is 16.7 Å². The average molecular weight is 449 g/mol. The molecule has 5 atom stereocenters. The molecule has 0 aliphatic carbocycles. The number of carbonyl (C=O) groups is 3. The number of amides is 2. The van der Waals surface area contributed by atoms with Gasteiger partial charge in [-0.2, -0.15) is 0 Å². The SMILES string of the molecule is CCCCCN1CC=C[C@]23S[C@@H]4C=CCOC(=O)[C@@H]4[C@H]2C(=O)N(CCCCO)C3C1=O. The van der Waals surface area contributed by atoms with Gasteiger partial charge in [0.25, 0.3) is 0 Å². The van der Waals surface area contributed by atoms with Gasteiger partial charge in [0, 0.05) is 31.5 Å². The van der Waals surface area contributed by atoms with Gasteiger partial charge < -0.3 is 19.6 Å². The fourth-order valence-corrected chi connectivity index (χ4v) is 7.41. The maximum absolute atomic E-state index is 13.8. The van der Waals surface area contributed by atoms with Crippen LogP contribution in [0.25, 0.3) is 0 Å². The number of aliphatic hydroxyl groups excluding tert-OH is 1. The number of cyclic esters (lactones) is 1. The number of aliphatic hydroxyl groups is 1. The molecule has 0 aromatic carbocycles. The number of hydrogen-bond donors (Lipinski definition) is 1. The summed E-state index contributed by atoms with van der Waals surface area (Å²) < 4.78 is 4.60. The van der Waals surface area contributed by atoms with Gasteiger partial charge >= 0.3 is 5.97 Å². The smallest absolute Gasteiger partial charge is 0.311 e. The molecule has 1 spiro atoms. The van der Waals surface area contributed by atoms with Crippen molar-refractivity contribution in [2.24, 2.45) is 11.8 Å². The van der Waals surface area contributed by atoms with E-state index in [0.29, 0.717) is 32.5 Å². The predicted octanol–water partition coefficient (Wildman–Crippen LogP) is 1.76. The first-order valence-electron chi connectivity index (χ1n) is 11.4. The molecule has 2 amide bonds. The lowest BCUT2D eigenvalue weighted by Crippen LogP contribution is -2.53. The van der Waals surface area contributed by atoms with Gasteiger partial charge in [-0.15, -0.1) is 11.8 Å². The Morgan fingerprint density at radius 3 is 2.71 bits per heavy atom. The summed E-state index contributed by atoms with van der Waals surface area (Å²) >= 11 is 1.57. The van der Waals surface area contributed by atoms with E-state index in [2.05, 4.69) is 6.92 Å². The molecule has 1 unspecified atom stereocenters. The molecule has 0 radical (unpaired) electrons. The second kappa shape index (κ2) is 9.36. The lowest BCUT2D eigenvalue weighted by molar-refractivity contribution is -0.151. The van der Waals surface area contributed by atoms with E-state index in [0.717, 1.165) is 19.3 Å². The van der Waals surface area contributed by atoms with E-state index in [4.69, 9.17) is 4.74 Å². The van der Waals surface area contributed by atoms with Gasteiger partial charge in [-0.05, 0) is 19.3 Å². The molecule has 8 heteroatoms. The number of rotatable bonds is 8. The van der Waals surface area contributed by atoms with Crippen LogP contribution in [0.5, 0.6) is 0 Å². The highest BCUT2D eigenvalue weighted by atomic mass is 32.2. The van der Waals surface area contributed by atoms with Crippen LogP contribution < -0.4 is 0 Å². The zero-order valence-electron chi connectivity index (χ0n) is 18.1. The van der Waals surface area contributed by atoms with Crippen LogP contribution in [0.15, 0.2) is 24.3 Å². The van der Waals surface area contributed by atoms with Crippen LogP contribution in [0.1, 0.15) is 39.0 Å². The maximum Gasteiger partial charge on any atom is 0.311 e. The number of carbonyl (C=O) groups excluding carboxylic acids is 3. The molecule has 2 saturated heterocycles. The van der Waals surface area contributed by atoms with E-state index in [1.165, 1.54) is 0 Å². The Kier molecular flexibility index (Phi) is 6.77. The minimum Gasteiger partial charge on any atom is -0.461 e. The first kappa shape index (κ1) is 22.4. The number of fused-ring (bicyclic) bond motifs is 2. The van der Waals surface area contributed by atoms with E-state index in [1.807, 2.05) is 29.2 Å². The molecular formula is C23H32N2O5S. The monoisotopic (exact) mass is 448 g/mol. The number of hydrogen-bond acceptors (Lipinski definition) is 6. The van der Waals surface area contributed by atoms with Gasteiger partial charge in [0.05, 0.1) is 16.6 Å². The summed E-state index contributed by atoms with van der Waals surface area (Å²) in [5.74, 6) is -1.69. The van der Waals surface area contributed by atoms with Crippen molar-refractivity contribution in [2.45, 2.75) is 55.1 Å². The Hall–Kier alpha value is -1.80. The summed E-state index contributed by atoms with van der Waals surface area (Å²) in [4.78, 5) is 43.9. The Morgan fingerprint density at radius 2 is 1.94 bits per heavy atom. The number of thioether (sulfide) groups is 1. The normalized spacial score (nSPS) is 34.3. The Balaban J connectivity index is 1.71. The fraction of sp³-hybridized carbons (Fsp3) is 0.696. The van der Waals surface area contributed by atoms with Gasteiger partial charge in [-0.1, -0.05) is 44.1 Å². The fourth-order valence-electron chi connectivity index (χ4n) is 5.40. The molecule has 0 saturated carbocycles. The van der Waals surface area contributed by atoms with Crippen molar-refractivity contribution in [3.8, 4) is 0 Å². The Labute approximate surface area is 187 Å². The third-order valence-electron chi connectivity index (χ3n) is 6.84. The summed E-state index contributed by atoms with van der Waals surface area (Å²) in [5, 5.41) is 9.04. The topological polar surface area (TPSA) is 87.2 Å². The highest BCUT2D eigenvalue weighted by Gasteiger charge is 2.70. The first-order chi connectivity index (χ1) is 15.0. The van der Waals surface area contributed by atoms with Crippen LogP contribution in [0.2, 0.25) is 0 Å². The zero-order chi connectivity index (χ0) is 22.0. The molecule has 170 valence electrons. The van der Waals surface area contributed by atoms with Crippen molar-refractivity contribution in [1.82, 2.24) is 9.80 Å². The number of ether oxygens (including phenoxy) is 1. The number of likely N-dealkylation sites (tertiary alicyclic amines) is 1. The highest BCUT2D eigenvalue weighted by molar-refractivity contribution is 8.02. The molecule has 0 aromatic rings. The maximum atomic E-state index is 13.8. The molecule has 4 rings (SSSR count). The van der Waals surface area contributed by atoms with Crippen LogP contribution in [-0.4, -0.2) is 81.6 Å². The molecule has 4 aliphatic rings. The minimum absolute atomic E-state index is 0.0257. The number of unbranched alkanes of at least 4 members (excludes halogenated alkanes) is 3. The summed E-state index contributed by atoms with van der Waals surface area (Å²) in [7, 11) is 0. The van der Waals surface area contributed by atoms with Crippen molar-refractivity contribution in [1.29, 1.82) is 0 Å². The highest BCUT2D eigenvalue weighted by Crippen LogP contribution is 2.60. The van der Waals surface area contributed by atoms with Crippen molar-refractivity contribution in [3.63, 3.8) is 0 Å². The van der Waals surface area contributed by atoms with Crippen molar-refractivity contribution in [3.05, 3.63) is 24.3 Å². The van der Waals surface area contributed by atoms with E-state index < -0.39 is 22.6 Å². The standard InChI is InChI=1S/C23H32N2O5S/c1-2-3-4-11-24-12-8-10-23-18(17-16(31-23)9-7-15-30-22(17)29)20(27)25(13-5-6-14-26)19(23)21(24)28/h7-10,16-19,26H,2-6,11-15H2,1H3/t16-,17+,18+,19?,23+/m1/s1. The van der Waals surface area contributed by atoms with Gasteiger partial charge in [0.15, 0.2) is 0 Å². The van der Waals surface area contributed by atoms with Gasteiger partial charge in [0.2, 0.25) is 11.8 Å². The molecule has 1 N–H and O–H groups in total. The largest absolute Gasteiger partial charge is 0.461 e. The molecule has 0 aromatic heterocycles. The van der Waals surface area contributed by atoms with E-state index in [-0.39, 0.29) is 36.2 Å². The third kappa shape index (κ3) is 3.82. The quantitative estimate of drug-likeness (QED) is 0.346. The third-order valence-corrected chi connectivity index (χ3v) is 8.58. The summed E-state index contributed by atoms with van der Waals surface area (Å²) in [6, 6.07) is -0.623.